The Morgan fingerprint density at radius 2 is 1.86 bits per heavy atom. The third kappa shape index (κ3) is 4.08. The Bertz CT molecular complexity index is 810. The van der Waals surface area contributed by atoms with E-state index in [1.807, 2.05) is 0 Å². The monoisotopic (exact) mass is 352 g/mol. The molecule has 10 heteroatoms. The van der Waals surface area contributed by atoms with Crippen LogP contribution in [0.5, 0.6) is 11.6 Å². The number of sulfone groups is 1. The molecule has 0 radical (unpaired) electrons. The summed E-state index contributed by atoms with van der Waals surface area (Å²) in [5.74, 6) is -0.441. The van der Waals surface area contributed by atoms with Crippen LogP contribution in [-0.2, 0) is 16.0 Å². The van der Waals surface area contributed by atoms with Crippen molar-refractivity contribution in [2.24, 2.45) is 0 Å². The molecule has 118 valence electrons. The fourth-order valence-electron chi connectivity index (χ4n) is 1.45. The van der Waals surface area contributed by atoms with Gasteiger partial charge in [-0.15, -0.1) is 0 Å². The van der Waals surface area contributed by atoms with Gasteiger partial charge in [-0.05, 0) is 18.2 Å². The maximum Gasteiger partial charge on any atom is 0.416 e. The van der Waals surface area contributed by atoms with Crippen LogP contribution in [0.1, 0.15) is 5.56 Å². The molecule has 0 spiro atoms. The highest BCUT2D eigenvalue weighted by Crippen LogP contribution is 2.32. The lowest BCUT2D eigenvalue weighted by molar-refractivity contribution is -0.137. The quantitative estimate of drug-likeness (QED) is 0.626. The zero-order valence-corrected chi connectivity index (χ0v) is 12.5. The van der Waals surface area contributed by atoms with Gasteiger partial charge in [-0.2, -0.15) is 18.2 Å². The highest BCUT2D eigenvalue weighted by Gasteiger charge is 2.30. The van der Waals surface area contributed by atoms with Crippen molar-refractivity contribution in [1.29, 1.82) is 0 Å². The van der Waals surface area contributed by atoms with E-state index >= 15 is 0 Å². The molecular weight excluding hydrogens is 345 g/mol. The normalized spacial score (nSPS) is 12.2. The zero-order chi connectivity index (χ0) is 16.5. The summed E-state index contributed by atoms with van der Waals surface area (Å²) in [5.41, 5.74) is -0.909. The van der Waals surface area contributed by atoms with E-state index in [0.717, 1.165) is 30.5 Å². The summed E-state index contributed by atoms with van der Waals surface area (Å²) in [7, 11) is -3.74. The van der Waals surface area contributed by atoms with Gasteiger partial charge in [0.25, 0.3) is 5.16 Å². The topological polar surface area (TPSA) is 69.2 Å². The van der Waals surface area contributed by atoms with Gasteiger partial charge in [0.15, 0.2) is 0 Å². The summed E-state index contributed by atoms with van der Waals surface area (Å²) < 4.78 is 65.7. The molecule has 0 amide bonds. The van der Waals surface area contributed by atoms with Crippen molar-refractivity contribution in [2.75, 3.05) is 6.26 Å². The maximum absolute atomic E-state index is 12.6. The highest BCUT2D eigenvalue weighted by molar-refractivity contribution is 7.90. The van der Waals surface area contributed by atoms with Gasteiger partial charge in [-0.1, -0.05) is 17.7 Å². The molecule has 1 aromatic carbocycles. The van der Waals surface area contributed by atoms with E-state index in [0.29, 0.717) is 0 Å². The number of hydrogen-bond acceptors (Lipinski definition) is 5. The Morgan fingerprint density at radius 1 is 1.18 bits per heavy atom. The lowest BCUT2D eigenvalue weighted by Crippen LogP contribution is -2.06. The summed E-state index contributed by atoms with van der Waals surface area (Å²) in [5, 5.41) is -0.792. The first-order chi connectivity index (χ1) is 10.1. The molecule has 0 unspecified atom stereocenters. The SMILES string of the molecule is CS(=O)(=O)c1nc(Cl)cc(Oc2cccc(C(F)(F)F)c2)n1. The standard InChI is InChI=1S/C12H8ClF3N2O3S/c1-22(19,20)11-17-9(13)6-10(18-11)21-8-4-2-3-7(5-8)12(14,15)16/h2-6H,1H3. The van der Waals surface area contributed by atoms with Crippen LogP contribution in [-0.4, -0.2) is 24.6 Å². The number of ether oxygens (including phenoxy) is 1. The van der Waals surface area contributed by atoms with Crippen LogP contribution in [0.2, 0.25) is 5.15 Å². The molecule has 0 saturated heterocycles. The molecule has 5 nitrogen and oxygen atoms in total. The van der Waals surface area contributed by atoms with E-state index in [-0.39, 0.29) is 16.8 Å². The van der Waals surface area contributed by atoms with Gasteiger partial charge in [0, 0.05) is 12.3 Å². The van der Waals surface area contributed by atoms with Crippen molar-refractivity contribution in [1.82, 2.24) is 9.97 Å². The van der Waals surface area contributed by atoms with Gasteiger partial charge in [0.1, 0.15) is 10.9 Å². The molecule has 0 aliphatic heterocycles. The maximum atomic E-state index is 12.6. The minimum absolute atomic E-state index is 0.163. The molecule has 1 heterocycles. The van der Waals surface area contributed by atoms with Crippen LogP contribution >= 0.6 is 11.6 Å². The van der Waals surface area contributed by atoms with Gasteiger partial charge in [-0.25, -0.2) is 13.4 Å². The molecule has 1 aromatic heterocycles. The van der Waals surface area contributed by atoms with E-state index < -0.39 is 26.7 Å². The second kappa shape index (κ2) is 5.73. The summed E-state index contributed by atoms with van der Waals surface area (Å²) in [6, 6.07) is 5.15. The lowest BCUT2D eigenvalue weighted by atomic mass is 10.2. The minimum atomic E-state index is -4.53. The highest BCUT2D eigenvalue weighted by atomic mass is 35.5. The number of benzene rings is 1. The molecule has 22 heavy (non-hydrogen) atoms. The van der Waals surface area contributed by atoms with Crippen molar-refractivity contribution in [3.8, 4) is 11.6 Å². The molecular formula is C12H8ClF3N2O3S. The molecule has 0 N–H and O–H groups in total. The van der Waals surface area contributed by atoms with Gasteiger partial charge in [0.2, 0.25) is 15.7 Å². The van der Waals surface area contributed by atoms with Gasteiger partial charge < -0.3 is 4.74 Å². The largest absolute Gasteiger partial charge is 0.439 e. The molecule has 0 bridgehead atoms. The van der Waals surface area contributed by atoms with E-state index in [9.17, 15) is 21.6 Å². The Morgan fingerprint density at radius 3 is 2.45 bits per heavy atom. The third-order valence-corrected chi connectivity index (χ3v) is 3.41. The van der Waals surface area contributed by atoms with E-state index in [2.05, 4.69) is 9.97 Å². The minimum Gasteiger partial charge on any atom is -0.439 e. The van der Waals surface area contributed by atoms with Crippen molar-refractivity contribution in [3.05, 3.63) is 41.0 Å². The van der Waals surface area contributed by atoms with Crippen molar-refractivity contribution >= 4 is 21.4 Å². The summed E-state index contributed by atoms with van der Waals surface area (Å²) >= 11 is 5.65. The summed E-state index contributed by atoms with van der Waals surface area (Å²) in [4.78, 5) is 7.11. The van der Waals surface area contributed by atoms with Crippen molar-refractivity contribution in [2.45, 2.75) is 11.3 Å². The van der Waals surface area contributed by atoms with Crippen LogP contribution in [0, 0.1) is 0 Å². The molecule has 0 aliphatic carbocycles. The summed E-state index contributed by atoms with van der Waals surface area (Å²) in [6.45, 7) is 0. The van der Waals surface area contributed by atoms with E-state index in [1.165, 1.54) is 6.07 Å². The third-order valence-electron chi connectivity index (χ3n) is 2.37. The molecule has 0 fully saturated rings. The number of rotatable bonds is 3. The summed E-state index contributed by atoms with van der Waals surface area (Å²) in [6.07, 6.45) is -3.66. The molecule has 0 atom stereocenters. The Labute approximate surface area is 128 Å². The first-order valence-electron chi connectivity index (χ1n) is 5.65. The number of halogens is 4. The Hall–Kier alpha value is -1.87. The van der Waals surface area contributed by atoms with Gasteiger partial charge >= 0.3 is 6.18 Å². The van der Waals surface area contributed by atoms with Crippen LogP contribution in [0.3, 0.4) is 0 Å². The number of alkyl halides is 3. The Kier molecular flexibility index (Phi) is 4.30. The molecule has 0 saturated carbocycles. The molecule has 2 rings (SSSR count). The van der Waals surface area contributed by atoms with Crippen LogP contribution in [0.15, 0.2) is 35.5 Å². The van der Waals surface area contributed by atoms with Gasteiger partial charge in [-0.3, -0.25) is 0 Å². The average molecular weight is 353 g/mol. The van der Waals surface area contributed by atoms with Gasteiger partial charge in [0.05, 0.1) is 5.56 Å². The second-order valence-electron chi connectivity index (χ2n) is 4.21. The lowest BCUT2D eigenvalue weighted by Gasteiger charge is -2.10. The van der Waals surface area contributed by atoms with Crippen molar-refractivity contribution in [3.63, 3.8) is 0 Å². The first kappa shape index (κ1) is 16.5. The van der Waals surface area contributed by atoms with E-state index in [1.54, 1.807) is 0 Å². The first-order valence-corrected chi connectivity index (χ1v) is 7.92. The predicted molar refractivity (Wildman–Crippen MR) is 71.7 cm³/mol. The van der Waals surface area contributed by atoms with E-state index in [4.69, 9.17) is 16.3 Å². The number of hydrogen-bond donors (Lipinski definition) is 0. The second-order valence-corrected chi connectivity index (χ2v) is 6.51. The van der Waals surface area contributed by atoms with Crippen molar-refractivity contribution < 1.29 is 26.3 Å². The fraction of sp³-hybridized carbons (Fsp3) is 0.167. The smallest absolute Gasteiger partial charge is 0.416 e. The number of aromatic nitrogens is 2. The predicted octanol–water partition coefficient (Wildman–Crippen LogP) is 3.34. The average Bonchev–Trinajstić information content (AvgIpc) is 2.36. The molecule has 0 aliphatic rings. The van der Waals surface area contributed by atoms with Crippen LogP contribution in [0.4, 0.5) is 13.2 Å². The number of nitrogens with zero attached hydrogens (tertiary/aromatic N) is 2. The Balaban J connectivity index is 2.38. The fourth-order valence-corrected chi connectivity index (χ4v) is 2.20. The zero-order valence-electron chi connectivity index (χ0n) is 10.9. The van der Waals surface area contributed by atoms with Crippen LogP contribution in [0.25, 0.3) is 0 Å². The molecule has 2 aromatic rings. The van der Waals surface area contributed by atoms with Crippen LogP contribution < -0.4 is 4.74 Å².